The van der Waals surface area contributed by atoms with Gasteiger partial charge in [0.1, 0.15) is 28.7 Å². The third-order valence-corrected chi connectivity index (χ3v) is 11.7. The van der Waals surface area contributed by atoms with Crippen molar-refractivity contribution in [3.05, 3.63) is 167 Å². The molecule has 296 valence electrons. The summed E-state index contributed by atoms with van der Waals surface area (Å²) in [7, 11) is 0. The molecule has 0 radical (unpaired) electrons. The zero-order valence-electron chi connectivity index (χ0n) is 31.4. The number of phenols is 4. The number of rotatable bonds is 9. The number of fused-ring (bicyclic) bond motifs is 2. The van der Waals surface area contributed by atoms with Crippen molar-refractivity contribution in [3.63, 3.8) is 0 Å². The van der Waals surface area contributed by atoms with E-state index in [1.54, 1.807) is 62.1 Å². The van der Waals surface area contributed by atoms with Crippen LogP contribution in [0.15, 0.2) is 144 Å². The van der Waals surface area contributed by atoms with Crippen LogP contribution in [0.3, 0.4) is 0 Å². The fourth-order valence-corrected chi connectivity index (χ4v) is 8.82. The standard InChI is InChI=1S/C47H31Br3ClN5O4/c1-25-12-26(13-30-15-27-6-2-4-8-34(27)37(44(30)58)24-56-47-40(50)19-32(48)22-55-47)14-41(43(25)57)53-23-38-35-9-5-3-7-28(35)17-36(46(38)60)29-10-11-52-42(18-29)54-21-31-16-33(51)20-39(49)45(31)59/h2-12,14-24,57-60H,13H2,1H3/b53-23?,54-21?,56-24+. The van der Waals surface area contributed by atoms with Crippen LogP contribution in [0.5, 0.6) is 23.0 Å². The molecule has 0 spiro atoms. The minimum absolute atomic E-state index is 0.00638. The number of aromatic nitrogens is 2. The lowest BCUT2D eigenvalue weighted by molar-refractivity contribution is 0.469. The first-order valence-corrected chi connectivity index (χ1v) is 21.1. The Kier molecular flexibility index (Phi) is 11.8. The minimum Gasteiger partial charge on any atom is -0.507 e. The molecule has 0 saturated heterocycles. The first-order valence-electron chi connectivity index (χ1n) is 18.3. The van der Waals surface area contributed by atoms with Gasteiger partial charge in [-0.2, -0.15) is 0 Å². The van der Waals surface area contributed by atoms with E-state index in [4.69, 9.17) is 16.6 Å². The van der Waals surface area contributed by atoms with Crippen LogP contribution < -0.4 is 0 Å². The Morgan fingerprint density at radius 3 is 2.10 bits per heavy atom. The Morgan fingerprint density at radius 2 is 1.35 bits per heavy atom. The number of pyridine rings is 2. The van der Waals surface area contributed by atoms with E-state index in [0.717, 1.165) is 31.6 Å². The van der Waals surface area contributed by atoms with E-state index in [-0.39, 0.29) is 23.0 Å². The van der Waals surface area contributed by atoms with Gasteiger partial charge in [0.15, 0.2) is 11.6 Å². The van der Waals surface area contributed by atoms with Crippen LogP contribution in [0, 0.1) is 6.92 Å². The van der Waals surface area contributed by atoms with Crippen molar-refractivity contribution in [2.75, 3.05) is 0 Å². The largest absolute Gasteiger partial charge is 0.507 e. The Balaban J connectivity index is 1.14. The fourth-order valence-electron chi connectivity index (χ4n) is 6.90. The molecule has 0 amide bonds. The molecule has 13 heteroatoms. The van der Waals surface area contributed by atoms with Gasteiger partial charge in [-0.15, -0.1) is 0 Å². The molecule has 9 nitrogen and oxygen atoms in total. The quantitative estimate of drug-likeness (QED) is 0.106. The molecule has 60 heavy (non-hydrogen) atoms. The van der Waals surface area contributed by atoms with Crippen LogP contribution in [0.1, 0.15) is 33.4 Å². The average Bonchev–Trinajstić information content (AvgIpc) is 3.23. The van der Waals surface area contributed by atoms with Crippen molar-refractivity contribution in [2.24, 2.45) is 15.0 Å². The number of aryl methyl sites for hydroxylation is 1. The van der Waals surface area contributed by atoms with Gasteiger partial charge >= 0.3 is 0 Å². The van der Waals surface area contributed by atoms with Gasteiger partial charge in [0.25, 0.3) is 0 Å². The van der Waals surface area contributed by atoms with E-state index in [0.29, 0.717) is 76.7 Å². The monoisotopic (exact) mass is 1000 g/mol. The molecule has 0 saturated carbocycles. The number of phenolic OH excluding ortho intramolecular Hbond substituents is 4. The molecular weight excluding hydrogens is 974 g/mol. The summed E-state index contributed by atoms with van der Waals surface area (Å²) in [5, 5.41) is 49.1. The smallest absolute Gasteiger partial charge is 0.166 e. The maximum absolute atomic E-state index is 11.9. The van der Waals surface area contributed by atoms with Crippen molar-refractivity contribution in [1.29, 1.82) is 0 Å². The zero-order valence-corrected chi connectivity index (χ0v) is 37.0. The number of benzene rings is 6. The highest BCUT2D eigenvalue weighted by molar-refractivity contribution is 9.11. The topological polar surface area (TPSA) is 144 Å². The summed E-state index contributed by atoms with van der Waals surface area (Å²) in [5.74, 6) is 0.849. The molecule has 2 aromatic heterocycles. The lowest BCUT2D eigenvalue weighted by Gasteiger charge is -2.14. The third kappa shape index (κ3) is 8.55. The molecule has 0 unspecified atom stereocenters. The lowest BCUT2D eigenvalue weighted by atomic mass is 9.95. The second kappa shape index (κ2) is 17.4. The molecule has 8 rings (SSSR count). The van der Waals surface area contributed by atoms with Crippen LogP contribution in [-0.2, 0) is 6.42 Å². The van der Waals surface area contributed by atoms with Gasteiger partial charge in [0.2, 0.25) is 0 Å². The lowest BCUT2D eigenvalue weighted by Crippen LogP contribution is -1.96. The van der Waals surface area contributed by atoms with Crippen molar-refractivity contribution in [1.82, 2.24) is 9.97 Å². The zero-order chi connectivity index (χ0) is 42.1. The molecule has 0 aliphatic carbocycles. The van der Waals surface area contributed by atoms with E-state index in [1.807, 2.05) is 72.8 Å². The highest BCUT2D eigenvalue weighted by atomic mass is 79.9. The highest BCUT2D eigenvalue weighted by Gasteiger charge is 2.17. The van der Waals surface area contributed by atoms with Gasteiger partial charge < -0.3 is 20.4 Å². The Morgan fingerprint density at radius 1 is 0.650 bits per heavy atom. The van der Waals surface area contributed by atoms with Crippen LogP contribution in [0.2, 0.25) is 5.02 Å². The van der Waals surface area contributed by atoms with Crippen LogP contribution in [-0.4, -0.2) is 49.0 Å². The number of nitrogens with zero attached hydrogens (tertiary/aromatic N) is 5. The van der Waals surface area contributed by atoms with Crippen LogP contribution in [0.25, 0.3) is 32.7 Å². The minimum atomic E-state index is -0.0250. The molecule has 8 aromatic rings. The summed E-state index contributed by atoms with van der Waals surface area (Å²) in [6.07, 6.45) is 8.21. The van der Waals surface area contributed by atoms with Crippen molar-refractivity contribution < 1.29 is 20.4 Å². The summed E-state index contributed by atoms with van der Waals surface area (Å²) < 4.78 is 1.95. The second-order valence-corrected chi connectivity index (χ2v) is 16.9. The maximum atomic E-state index is 11.9. The molecule has 6 aromatic carbocycles. The SMILES string of the molecule is Cc1cc(Cc2cc3ccccc3c(/C=N/c3ncc(Br)cc3Br)c2O)cc(N=Cc2c(O)c(-c3ccnc(N=Cc4cc(Cl)cc(Br)c4O)c3)cc3ccccc23)c1O. The number of aliphatic imine (C=N–C) groups is 3. The summed E-state index contributed by atoms with van der Waals surface area (Å²) >= 11 is 16.4. The van der Waals surface area contributed by atoms with E-state index in [9.17, 15) is 20.4 Å². The number of hydrogen-bond acceptors (Lipinski definition) is 9. The van der Waals surface area contributed by atoms with E-state index in [2.05, 4.69) is 67.7 Å². The molecule has 0 bridgehead atoms. The van der Waals surface area contributed by atoms with Crippen molar-refractivity contribution in [2.45, 2.75) is 13.3 Å². The maximum Gasteiger partial charge on any atom is 0.166 e. The first kappa shape index (κ1) is 40.8. The van der Waals surface area contributed by atoms with Crippen molar-refractivity contribution >= 4 is 117 Å². The Labute approximate surface area is 374 Å². The molecule has 2 heterocycles. The van der Waals surface area contributed by atoms with Crippen LogP contribution >= 0.6 is 59.4 Å². The Bertz CT molecular complexity index is 3100. The van der Waals surface area contributed by atoms with Gasteiger partial charge in [-0.3, -0.25) is 4.99 Å². The fraction of sp³-hybridized carbons (Fsp3) is 0.0426. The first-order chi connectivity index (χ1) is 28.9. The van der Waals surface area contributed by atoms with E-state index < -0.39 is 0 Å². The Hall–Kier alpha value is -5.92. The number of aromatic hydroxyl groups is 4. The van der Waals surface area contributed by atoms with Gasteiger partial charge in [-0.1, -0.05) is 66.2 Å². The predicted molar refractivity (Wildman–Crippen MR) is 252 cm³/mol. The highest BCUT2D eigenvalue weighted by Crippen LogP contribution is 2.40. The second-order valence-electron chi connectivity index (χ2n) is 13.8. The normalized spacial score (nSPS) is 11.9. The van der Waals surface area contributed by atoms with Crippen LogP contribution in [0.4, 0.5) is 17.3 Å². The van der Waals surface area contributed by atoms with Crippen molar-refractivity contribution in [3.8, 4) is 34.1 Å². The number of hydrogen-bond donors (Lipinski definition) is 4. The van der Waals surface area contributed by atoms with Gasteiger partial charge in [0.05, 0.1) is 8.95 Å². The van der Waals surface area contributed by atoms with E-state index in [1.165, 1.54) is 6.21 Å². The molecule has 0 aliphatic rings. The molecule has 0 fully saturated rings. The summed E-state index contributed by atoms with van der Waals surface area (Å²) in [4.78, 5) is 22.6. The van der Waals surface area contributed by atoms with Gasteiger partial charge in [-0.25, -0.2) is 20.0 Å². The molecule has 4 N–H and O–H groups in total. The number of halogens is 4. The summed E-state index contributed by atoms with van der Waals surface area (Å²) in [5.41, 5.74) is 4.92. The molecule has 0 aliphatic heterocycles. The van der Waals surface area contributed by atoms with E-state index >= 15 is 0 Å². The third-order valence-electron chi connectivity index (χ3n) is 9.82. The summed E-state index contributed by atoms with van der Waals surface area (Å²) in [6, 6.07) is 31.4. The predicted octanol–water partition coefficient (Wildman–Crippen LogP) is 13.4. The average molecular weight is 1000 g/mol. The van der Waals surface area contributed by atoms with Gasteiger partial charge in [-0.05, 0) is 147 Å². The summed E-state index contributed by atoms with van der Waals surface area (Å²) in [6.45, 7) is 1.79. The molecular formula is C47H31Br3ClN5O4. The molecule has 0 atom stereocenters. The van der Waals surface area contributed by atoms with Gasteiger partial charge in [0, 0.05) is 69.2 Å².